The van der Waals surface area contributed by atoms with E-state index < -0.39 is 0 Å². The van der Waals surface area contributed by atoms with E-state index in [2.05, 4.69) is 15.2 Å². The summed E-state index contributed by atoms with van der Waals surface area (Å²) in [7, 11) is 0. The Morgan fingerprint density at radius 3 is 2.52 bits per heavy atom. The number of hydrogen-bond donors (Lipinski definition) is 2. The SMILES string of the molecule is N=NC(=NN)c1ccc(-c2ccc(-n3ccnc3)cc2)c(Cl)c1. The molecule has 23 heavy (non-hydrogen) atoms. The molecule has 1 aromatic heterocycles. The molecule has 0 saturated carbocycles. The van der Waals surface area contributed by atoms with E-state index in [1.165, 1.54) is 0 Å². The van der Waals surface area contributed by atoms with Crippen LogP contribution in [-0.2, 0) is 0 Å². The lowest BCUT2D eigenvalue weighted by Gasteiger charge is -2.08. The molecule has 2 aromatic carbocycles. The summed E-state index contributed by atoms with van der Waals surface area (Å²) in [5, 5.41) is 7.27. The molecule has 7 heteroatoms. The van der Waals surface area contributed by atoms with Gasteiger partial charge in [0, 0.05) is 34.2 Å². The van der Waals surface area contributed by atoms with Crippen molar-refractivity contribution in [1.29, 1.82) is 5.53 Å². The van der Waals surface area contributed by atoms with E-state index in [-0.39, 0.29) is 5.84 Å². The zero-order valence-electron chi connectivity index (χ0n) is 12.0. The maximum atomic E-state index is 7.04. The van der Waals surface area contributed by atoms with Crippen LogP contribution in [0, 0.1) is 5.53 Å². The van der Waals surface area contributed by atoms with Gasteiger partial charge in [-0.1, -0.05) is 35.9 Å². The van der Waals surface area contributed by atoms with Gasteiger partial charge in [0.05, 0.1) is 6.33 Å². The van der Waals surface area contributed by atoms with Crippen molar-refractivity contribution >= 4 is 17.4 Å². The molecule has 0 fully saturated rings. The minimum atomic E-state index is 0.133. The summed E-state index contributed by atoms with van der Waals surface area (Å²) >= 11 is 6.35. The van der Waals surface area contributed by atoms with E-state index >= 15 is 0 Å². The topological polar surface area (TPSA) is 92.4 Å². The highest BCUT2D eigenvalue weighted by Crippen LogP contribution is 2.29. The Balaban J connectivity index is 1.94. The third-order valence-electron chi connectivity index (χ3n) is 3.44. The second-order valence-corrected chi connectivity index (χ2v) is 5.18. The van der Waals surface area contributed by atoms with Crippen LogP contribution < -0.4 is 5.84 Å². The van der Waals surface area contributed by atoms with E-state index in [0.717, 1.165) is 16.8 Å². The Kier molecular flexibility index (Phi) is 4.16. The Hall–Kier alpha value is -2.99. The van der Waals surface area contributed by atoms with Gasteiger partial charge in [0.2, 0.25) is 0 Å². The molecule has 0 aliphatic heterocycles. The minimum absolute atomic E-state index is 0.133. The zero-order chi connectivity index (χ0) is 16.2. The number of halogens is 1. The number of imidazole rings is 1. The molecule has 0 saturated heterocycles. The minimum Gasteiger partial charge on any atom is -0.321 e. The van der Waals surface area contributed by atoms with Gasteiger partial charge in [0.15, 0.2) is 5.84 Å². The average molecular weight is 325 g/mol. The fourth-order valence-electron chi connectivity index (χ4n) is 2.28. The number of hydrogen-bond acceptors (Lipinski definition) is 4. The molecule has 3 aromatic rings. The smallest absolute Gasteiger partial charge is 0.199 e. The molecule has 3 rings (SSSR count). The number of nitrogens with zero attached hydrogens (tertiary/aromatic N) is 4. The monoisotopic (exact) mass is 324 g/mol. The van der Waals surface area contributed by atoms with Crippen LogP contribution in [0.25, 0.3) is 16.8 Å². The van der Waals surface area contributed by atoms with Gasteiger partial charge in [-0.2, -0.15) is 5.10 Å². The largest absolute Gasteiger partial charge is 0.321 e. The highest BCUT2D eigenvalue weighted by molar-refractivity contribution is 6.33. The van der Waals surface area contributed by atoms with E-state index in [0.29, 0.717) is 10.6 Å². The normalized spacial score (nSPS) is 11.4. The maximum Gasteiger partial charge on any atom is 0.199 e. The number of amidine groups is 1. The van der Waals surface area contributed by atoms with Crippen LogP contribution in [-0.4, -0.2) is 15.4 Å². The fraction of sp³-hybridized carbons (Fsp3) is 0. The van der Waals surface area contributed by atoms with E-state index in [9.17, 15) is 0 Å². The lowest BCUT2D eigenvalue weighted by atomic mass is 10.0. The highest BCUT2D eigenvalue weighted by Gasteiger charge is 2.08. The van der Waals surface area contributed by atoms with Crippen molar-refractivity contribution in [3.05, 3.63) is 71.8 Å². The van der Waals surface area contributed by atoms with Crippen molar-refractivity contribution < 1.29 is 0 Å². The molecule has 0 spiro atoms. The first-order valence-electron chi connectivity index (χ1n) is 6.77. The van der Waals surface area contributed by atoms with E-state index in [4.69, 9.17) is 23.0 Å². The van der Waals surface area contributed by atoms with Crippen LogP contribution in [0.5, 0.6) is 0 Å². The molecule has 0 bridgehead atoms. The molecular formula is C16H13ClN6. The van der Waals surface area contributed by atoms with Crippen LogP contribution in [0.1, 0.15) is 5.56 Å². The average Bonchev–Trinajstić information content (AvgIpc) is 3.11. The predicted octanol–water partition coefficient (Wildman–Crippen LogP) is 3.84. The molecule has 114 valence electrons. The van der Waals surface area contributed by atoms with Crippen molar-refractivity contribution in [3.63, 3.8) is 0 Å². The number of hydrazone groups is 1. The van der Waals surface area contributed by atoms with Gasteiger partial charge in [-0.05, 0) is 23.8 Å². The second-order valence-electron chi connectivity index (χ2n) is 4.78. The first-order valence-corrected chi connectivity index (χ1v) is 7.15. The zero-order valence-corrected chi connectivity index (χ0v) is 12.8. The van der Waals surface area contributed by atoms with Crippen LogP contribution in [0.2, 0.25) is 5.02 Å². The van der Waals surface area contributed by atoms with E-state index in [1.807, 2.05) is 41.1 Å². The van der Waals surface area contributed by atoms with Gasteiger partial charge in [0.1, 0.15) is 0 Å². The van der Waals surface area contributed by atoms with Gasteiger partial charge in [0.25, 0.3) is 0 Å². The van der Waals surface area contributed by atoms with Crippen molar-refractivity contribution in [2.75, 3.05) is 0 Å². The molecular weight excluding hydrogens is 312 g/mol. The third-order valence-corrected chi connectivity index (χ3v) is 3.75. The summed E-state index contributed by atoms with van der Waals surface area (Å²) in [6.07, 6.45) is 5.36. The lowest BCUT2D eigenvalue weighted by molar-refractivity contribution is 1.06. The third kappa shape index (κ3) is 2.97. The Morgan fingerprint density at radius 2 is 1.96 bits per heavy atom. The van der Waals surface area contributed by atoms with Crippen molar-refractivity contribution in [3.8, 4) is 16.8 Å². The molecule has 0 aliphatic rings. The fourth-order valence-corrected chi connectivity index (χ4v) is 2.57. The van der Waals surface area contributed by atoms with E-state index in [1.54, 1.807) is 24.7 Å². The first kappa shape index (κ1) is 14.9. The number of benzene rings is 2. The Bertz CT molecular complexity index is 853. The summed E-state index contributed by atoms with van der Waals surface area (Å²) in [5.41, 5.74) is 10.5. The molecule has 0 amide bonds. The van der Waals surface area contributed by atoms with Crippen LogP contribution >= 0.6 is 11.6 Å². The van der Waals surface area contributed by atoms with Gasteiger partial charge in [-0.15, -0.1) is 5.11 Å². The first-order chi connectivity index (χ1) is 11.2. The number of nitrogens with one attached hydrogen (secondary N) is 1. The van der Waals surface area contributed by atoms with Gasteiger partial charge in [-0.25, -0.2) is 10.5 Å². The van der Waals surface area contributed by atoms with Crippen molar-refractivity contribution in [2.24, 2.45) is 16.1 Å². The van der Waals surface area contributed by atoms with Crippen LogP contribution in [0.15, 0.2) is 71.4 Å². The molecule has 0 aliphatic carbocycles. The van der Waals surface area contributed by atoms with Gasteiger partial charge >= 0.3 is 0 Å². The number of nitrogens with two attached hydrogens (primary N) is 1. The van der Waals surface area contributed by atoms with Crippen molar-refractivity contribution in [1.82, 2.24) is 9.55 Å². The summed E-state index contributed by atoms with van der Waals surface area (Å²) in [5.74, 6) is 5.33. The van der Waals surface area contributed by atoms with Gasteiger partial charge in [-0.3, -0.25) is 0 Å². The molecule has 6 nitrogen and oxygen atoms in total. The summed E-state index contributed by atoms with van der Waals surface area (Å²) in [6.45, 7) is 0. The van der Waals surface area contributed by atoms with Crippen LogP contribution in [0.4, 0.5) is 0 Å². The summed E-state index contributed by atoms with van der Waals surface area (Å²) in [4.78, 5) is 4.03. The molecule has 0 radical (unpaired) electrons. The lowest BCUT2D eigenvalue weighted by Crippen LogP contribution is -2.00. The molecule has 3 N–H and O–H groups in total. The Morgan fingerprint density at radius 1 is 1.17 bits per heavy atom. The quantitative estimate of drug-likeness (QED) is 0.252. The van der Waals surface area contributed by atoms with Crippen LogP contribution in [0.3, 0.4) is 0 Å². The summed E-state index contributed by atoms with van der Waals surface area (Å²) < 4.78 is 1.92. The number of rotatable bonds is 3. The number of aromatic nitrogens is 2. The maximum absolute atomic E-state index is 7.04. The predicted molar refractivity (Wildman–Crippen MR) is 89.9 cm³/mol. The molecule has 1 heterocycles. The Labute approximate surface area is 137 Å². The molecule has 0 unspecified atom stereocenters. The van der Waals surface area contributed by atoms with Crippen molar-refractivity contribution in [2.45, 2.75) is 0 Å². The standard InChI is InChI=1S/C16H13ClN6/c17-15-9-12(16(21-18)22-19)3-6-14(15)11-1-4-13(5-2-11)23-8-7-20-10-23/h1-10,18H,19H2. The van der Waals surface area contributed by atoms with Gasteiger partial charge < -0.3 is 10.4 Å². The summed E-state index contributed by atoms with van der Waals surface area (Å²) in [6, 6.07) is 13.3. The molecule has 0 atom stereocenters. The second kappa shape index (κ2) is 6.41. The highest BCUT2D eigenvalue weighted by atomic mass is 35.5.